The molecule has 4 N–H and O–H groups in total. The molecule has 0 bridgehead atoms. The Labute approximate surface area is 207 Å². The lowest BCUT2D eigenvalue weighted by molar-refractivity contribution is -0.127. The number of primary amides is 1. The fraction of sp³-hybridized carbons (Fsp3) is 0.292. The summed E-state index contributed by atoms with van der Waals surface area (Å²) < 4.78 is 13.2. The Morgan fingerprint density at radius 3 is 2.89 bits per heavy atom. The topological polar surface area (TPSA) is 150 Å². The van der Waals surface area contributed by atoms with Crippen LogP contribution in [-0.4, -0.2) is 62.8 Å². The Kier molecular flexibility index (Phi) is 6.39. The van der Waals surface area contributed by atoms with Gasteiger partial charge in [0.1, 0.15) is 24.6 Å². The SMILES string of the molecule is C=CC(=O)N1CCC[C@@H](n2cc(Nc3ncc(C(N)=O)c(Nc4cccc5c4OCCO5)n3)cn2)C1. The Balaban J connectivity index is 1.35. The van der Waals surface area contributed by atoms with Gasteiger partial charge in [0.15, 0.2) is 11.5 Å². The third kappa shape index (κ3) is 4.78. The average Bonchev–Trinajstić information content (AvgIpc) is 3.37. The second-order valence-corrected chi connectivity index (χ2v) is 8.39. The summed E-state index contributed by atoms with van der Waals surface area (Å²) in [6.45, 7) is 5.72. The van der Waals surface area contributed by atoms with Crippen LogP contribution in [0.25, 0.3) is 0 Å². The second-order valence-electron chi connectivity index (χ2n) is 8.39. The monoisotopic (exact) mass is 490 g/mol. The number of amides is 2. The third-order valence-electron chi connectivity index (χ3n) is 5.99. The molecule has 3 aromatic rings. The van der Waals surface area contributed by atoms with Crippen molar-refractivity contribution in [3.05, 3.63) is 55.0 Å². The van der Waals surface area contributed by atoms with Gasteiger partial charge in [0.05, 0.1) is 23.6 Å². The van der Waals surface area contributed by atoms with Crippen LogP contribution in [0.2, 0.25) is 0 Å². The molecular weight excluding hydrogens is 464 g/mol. The van der Waals surface area contributed by atoms with Crippen LogP contribution in [0.15, 0.2) is 49.4 Å². The maximum absolute atomic E-state index is 12.0. The van der Waals surface area contributed by atoms with E-state index in [2.05, 4.69) is 32.3 Å². The van der Waals surface area contributed by atoms with Crippen LogP contribution in [-0.2, 0) is 4.79 Å². The number of nitrogens with zero attached hydrogens (tertiary/aromatic N) is 5. The van der Waals surface area contributed by atoms with Gasteiger partial charge >= 0.3 is 0 Å². The van der Waals surface area contributed by atoms with Crippen molar-refractivity contribution >= 4 is 35.0 Å². The molecule has 12 heteroatoms. The number of fused-ring (bicyclic) bond motifs is 1. The predicted octanol–water partition coefficient (Wildman–Crippen LogP) is 2.38. The number of nitrogens with one attached hydrogen (secondary N) is 2. The van der Waals surface area contributed by atoms with Gasteiger partial charge in [-0.3, -0.25) is 14.3 Å². The smallest absolute Gasteiger partial charge is 0.254 e. The molecule has 4 heterocycles. The van der Waals surface area contributed by atoms with Crippen LogP contribution < -0.4 is 25.8 Å². The summed E-state index contributed by atoms with van der Waals surface area (Å²) in [4.78, 5) is 34.5. The van der Waals surface area contributed by atoms with Crippen LogP contribution in [0, 0.1) is 0 Å². The van der Waals surface area contributed by atoms with Crippen molar-refractivity contribution in [3.63, 3.8) is 0 Å². The van der Waals surface area contributed by atoms with Crippen molar-refractivity contribution in [3.8, 4) is 11.5 Å². The molecule has 1 fully saturated rings. The molecular formula is C24H26N8O4. The number of rotatable bonds is 7. The maximum atomic E-state index is 12.0. The van der Waals surface area contributed by atoms with E-state index < -0.39 is 5.91 Å². The number of anilines is 4. The largest absolute Gasteiger partial charge is 0.486 e. The molecule has 12 nitrogen and oxygen atoms in total. The zero-order valence-electron chi connectivity index (χ0n) is 19.5. The highest BCUT2D eigenvalue weighted by atomic mass is 16.6. The van der Waals surface area contributed by atoms with Gasteiger partial charge in [0.2, 0.25) is 11.9 Å². The number of hydrogen-bond acceptors (Lipinski definition) is 9. The number of likely N-dealkylation sites (tertiary alicyclic amines) is 1. The lowest BCUT2D eigenvalue weighted by atomic mass is 10.1. The van der Waals surface area contributed by atoms with E-state index in [-0.39, 0.29) is 29.3 Å². The number of para-hydroxylation sites is 1. The zero-order chi connectivity index (χ0) is 25.1. The highest BCUT2D eigenvalue weighted by Crippen LogP contribution is 2.39. The van der Waals surface area contributed by atoms with E-state index in [1.807, 2.05) is 16.9 Å². The molecule has 0 unspecified atom stereocenters. The Morgan fingerprint density at radius 2 is 2.06 bits per heavy atom. The van der Waals surface area contributed by atoms with E-state index in [0.29, 0.717) is 49.2 Å². The molecule has 186 valence electrons. The Bertz CT molecular complexity index is 1310. The summed E-state index contributed by atoms with van der Waals surface area (Å²) in [5, 5.41) is 10.7. The van der Waals surface area contributed by atoms with Gasteiger partial charge in [-0.25, -0.2) is 4.98 Å². The van der Waals surface area contributed by atoms with Crippen molar-refractivity contribution in [2.24, 2.45) is 5.73 Å². The molecule has 0 spiro atoms. The number of benzene rings is 1. The van der Waals surface area contributed by atoms with Gasteiger partial charge in [-0.1, -0.05) is 12.6 Å². The first kappa shape index (κ1) is 23.1. The lowest BCUT2D eigenvalue weighted by Crippen LogP contribution is -2.39. The predicted molar refractivity (Wildman–Crippen MR) is 132 cm³/mol. The summed E-state index contributed by atoms with van der Waals surface area (Å²) in [6, 6.07) is 5.46. The van der Waals surface area contributed by atoms with Gasteiger partial charge in [-0.15, -0.1) is 0 Å². The summed E-state index contributed by atoms with van der Waals surface area (Å²) >= 11 is 0. The van der Waals surface area contributed by atoms with Crippen molar-refractivity contribution < 1.29 is 19.1 Å². The third-order valence-corrected chi connectivity index (χ3v) is 5.99. The van der Waals surface area contributed by atoms with Crippen LogP contribution in [0.4, 0.5) is 23.1 Å². The maximum Gasteiger partial charge on any atom is 0.254 e. The first-order valence-corrected chi connectivity index (χ1v) is 11.6. The number of nitrogens with two attached hydrogens (primary N) is 1. The molecule has 2 amide bonds. The van der Waals surface area contributed by atoms with E-state index >= 15 is 0 Å². The Morgan fingerprint density at radius 1 is 1.19 bits per heavy atom. The second kappa shape index (κ2) is 9.94. The van der Waals surface area contributed by atoms with Crippen molar-refractivity contribution in [1.29, 1.82) is 0 Å². The summed E-state index contributed by atoms with van der Waals surface area (Å²) in [5.41, 5.74) is 6.93. The number of carbonyl (C=O) groups is 2. The van der Waals surface area contributed by atoms with E-state index in [1.54, 1.807) is 23.2 Å². The van der Waals surface area contributed by atoms with E-state index in [4.69, 9.17) is 15.2 Å². The van der Waals surface area contributed by atoms with Crippen molar-refractivity contribution in [2.75, 3.05) is 36.9 Å². The van der Waals surface area contributed by atoms with Gasteiger partial charge in [0, 0.05) is 25.5 Å². The number of piperidine rings is 1. The molecule has 5 rings (SSSR count). The van der Waals surface area contributed by atoms with E-state index in [0.717, 1.165) is 12.8 Å². The minimum absolute atomic E-state index is 0.0556. The first-order valence-electron chi connectivity index (χ1n) is 11.6. The van der Waals surface area contributed by atoms with Crippen LogP contribution in [0.1, 0.15) is 29.2 Å². The zero-order valence-corrected chi connectivity index (χ0v) is 19.5. The van der Waals surface area contributed by atoms with Gasteiger partial charge in [-0.05, 0) is 31.1 Å². The first-order chi connectivity index (χ1) is 17.5. The summed E-state index contributed by atoms with van der Waals surface area (Å²) in [5.74, 6) is 0.851. The standard InChI is InChI=1S/C24H26N8O4/c1-2-20(33)31-8-4-5-16(14-31)32-13-15(11-27-32)28-24-26-12-17(22(25)34)23(30-24)29-18-6-3-7-19-21(18)36-10-9-35-19/h2-3,6-7,11-13,16H,1,4-5,8-10,14H2,(H2,25,34)(H2,26,28,29,30)/t16-/m1/s1. The quantitative estimate of drug-likeness (QED) is 0.424. The minimum Gasteiger partial charge on any atom is -0.486 e. The average molecular weight is 491 g/mol. The van der Waals surface area contributed by atoms with Gasteiger partial charge < -0.3 is 30.7 Å². The van der Waals surface area contributed by atoms with Gasteiger partial charge in [0.25, 0.3) is 5.91 Å². The van der Waals surface area contributed by atoms with Crippen LogP contribution in [0.5, 0.6) is 11.5 Å². The molecule has 2 aliphatic rings. The fourth-order valence-electron chi connectivity index (χ4n) is 4.25. The molecule has 0 aliphatic carbocycles. The highest BCUT2D eigenvalue weighted by molar-refractivity contribution is 5.98. The molecule has 0 saturated carbocycles. The molecule has 0 radical (unpaired) electrons. The van der Waals surface area contributed by atoms with Crippen molar-refractivity contribution in [2.45, 2.75) is 18.9 Å². The summed E-state index contributed by atoms with van der Waals surface area (Å²) in [7, 11) is 0. The molecule has 2 aromatic heterocycles. The minimum atomic E-state index is -0.672. The number of carbonyl (C=O) groups excluding carboxylic acids is 2. The number of ether oxygens (including phenoxy) is 2. The van der Waals surface area contributed by atoms with Crippen molar-refractivity contribution in [1.82, 2.24) is 24.6 Å². The summed E-state index contributed by atoms with van der Waals surface area (Å²) in [6.07, 6.45) is 7.98. The van der Waals surface area contributed by atoms with E-state index in [1.165, 1.54) is 12.3 Å². The van der Waals surface area contributed by atoms with Gasteiger partial charge in [-0.2, -0.15) is 10.1 Å². The number of hydrogen-bond donors (Lipinski definition) is 3. The van der Waals surface area contributed by atoms with Crippen LogP contribution >= 0.6 is 0 Å². The number of aromatic nitrogens is 4. The normalized spacial score (nSPS) is 16.8. The highest BCUT2D eigenvalue weighted by Gasteiger charge is 2.24. The fourth-order valence-corrected chi connectivity index (χ4v) is 4.25. The molecule has 2 aliphatic heterocycles. The Hall–Kier alpha value is -4.61. The molecule has 1 aromatic carbocycles. The van der Waals surface area contributed by atoms with E-state index in [9.17, 15) is 9.59 Å². The molecule has 1 atom stereocenters. The molecule has 36 heavy (non-hydrogen) atoms. The van der Waals surface area contributed by atoms with Crippen LogP contribution in [0.3, 0.4) is 0 Å². The molecule has 1 saturated heterocycles. The lowest BCUT2D eigenvalue weighted by Gasteiger charge is -2.32.